The van der Waals surface area contributed by atoms with Crippen molar-refractivity contribution in [2.75, 3.05) is 6.61 Å². The van der Waals surface area contributed by atoms with Crippen molar-refractivity contribution in [3.8, 4) is 0 Å². The maximum absolute atomic E-state index is 13.6. The first-order chi connectivity index (χ1) is 15.6. The number of fused-ring (bicyclic) bond motifs is 1. The quantitative estimate of drug-likeness (QED) is 0.337. The molecule has 0 aliphatic heterocycles. The van der Waals surface area contributed by atoms with Crippen LogP contribution >= 0.6 is 0 Å². The second-order valence-corrected chi connectivity index (χ2v) is 10.4. The van der Waals surface area contributed by atoms with Crippen LogP contribution in [0, 0.1) is 22.7 Å². The number of ether oxygens (including phenoxy) is 3. The summed E-state index contributed by atoms with van der Waals surface area (Å²) in [6.07, 6.45) is 0.591. The minimum absolute atomic E-state index is 0.0399. The SMILES string of the molecule is C=C1[C@H](OC(C)=O)C(=O)[C@H]2C(C)(C)[C@@H](O)CC[C@]2(C)[C@@H]1C[C@@H](OC(C)=O)/C(C)=C/COC(C)=O. The van der Waals surface area contributed by atoms with E-state index in [1.807, 2.05) is 20.8 Å². The van der Waals surface area contributed by atoms with Gasteiger partial charge in [0, 0.05) is 32.1 Å². The van der Waals surface area contributed by atoms with Crippen molar-refractivity contribution in [3.05, 3.63) is 23.8 Å². The summed E-state index contributed by atoms with van der Waals surface area (Å²) in [4.78, 5) is 48.5. The van der Waals surface area contributed by atoms with E-state index in [2.05, 4.69) is 6.58 Å². The average molecular weight is 479 g/mol. The lowest BCUT2D eigenvalue weighted by Crippen LogP contribution is -2.62. The van der Waals surface area contributed by atoms with Gasteiger partial charge in [0.1, 0.15) is 12.7 Å². The molecule has 2 rings (SSSR count). The summed E-state index contributed by atoms with van der Waals surface area (Å²) in [6, 6.07) is 0. The summed E-state index contributed by atoms with van der Waals surface area (Å²) >= 11 is 0. The van der Waals surface area contributed by atoms with Gasteiger partial charge in [-0.2, -0.15) is 0 Å². The predicted molar refractivity (Wildman–Crippen MR) is 124 cm³/mol. The molecule has 2 aliphatic carbocycles. The fourth-order valence-electron chi connectivity index (χ4n) is 5.90. The molecule has 8 heteroatoms. The standard InChI is InChI=1S/C26H38O8/c1-14(10-12-32-16(3)27)20(33-17(4)28)13-19-15(2)23(34-18(5)29)22(31)24-25(6,7)21(30)9-11-26(19,24)8/h10,19-21,23-24,30H,2,9,11-13H2,1,3-8H3/b14-10+/t19-,20-,21+,23+,24+,26-/m1/s1. The van der Waals surface area contributed by atoms with Crippen LogP contribution in [0.15, 0.2) is 23.8 Å². The molecule has 2 aliphatic rings. The third-order valence-electron chi connectivity index (χ3n) is 7.58. The van der Waals surface area contributed by atoms with Gasteiger partial charge in [-0.15, -0.1) is 0 Å². The van der Waals surface area contributed by atoms with E-state index < -0.39 is 53.0 Å². The molecule has 8 nitrogen and oxygen atoms in total. The summed E-state index contributed by atoms with van der Waals surface area (Å²) in [5.41, 5.74) is -0.183. The van der Waals surface area contributed by atoms with Crippen molar-refractivity contribution in [1.29, 1.82) is 0 Å². The van der Waals surface area contributed by atoms with Gasteiger partial charge in [-0.3, -0.25) is 19.2 Å². The molecule has 0 heterocycles. The normalized spacial score (nSPS) is 31.8. The van der Waals surface area contributed by atoms with Crippen LogP contribution in [0.25, 0.3) is 0 Å². The Kier molecular flexibility index (Phi) is 8.51. The van der Waals surface area contributed by atoms with E-state index in [0.717, 1.165) is 0 Å². The van der Waals surface area contributed by atoms with E-state index in [9.17, 15) is 24.3 Å². The van der Waals surface area contributed by atoms with Crippen molar-refractivity contribution in [1.82, 2.24) is 0 Å². The van der Waals surface area contributed by atoms with E-state index in [1.54, 1.807) is 13.0 Å². The molecule has 1 N–H and O–H groups in total. The Balaban J connectivity index is 2.52. The highest BCUT2D eigenvalue weighted by Crippen LogP contribution is 2.61. The Bertz CT molecular complexity index is 885. The second kappa shape index (κ2) is 10.4. The topological polar surface area (TPSA) is 116 Å². The molecule has 0 bridgehead atoms. The number of carbonyl (C=O) groups excluding carboxylic acids is 4. The number of carbonyl (C=O) groups is 4. The van der Waals surface area contributed by atoms with Crippen LogP contribution in [0.4, 0.5) is 0 Å². The zero-order chi connectivity index (χ0) is 26.0. The molecule has 2 saturated carbocycles. The van der Waals surface area contributed by atoms with Crippen molar-refractivity contribution >= 4 is 23.7 Å². The smallest absolute Gasteiger partial charge is 0.303 e. The van der Waals surface area contributed by atoms with Crippen molar-refractivity contribution in [3.63, 3.8) is 0 Å². The van der Waals surface area contributed by atoms with E-state index in [0.29, 0.717) is 30.4 Å². The van der Waals surface area contributed by atoms with E-state index in [1.165, 1.54) is 20.8 Å². The number of Topliss-reactive ketones (excluding diaryl/α,β-unsaturated/α-hetero) is 1. The monoisotopic (exact) mass is 478 g/mol. The fraction of sp³-hybridized carbons (Fsp3) is 0.692. The molecule has 2 fully saturated rings. The van der Waals surface area contributed by atoms with Gasteiger partial charge in [0.25, 0.3) is 0 Å². The third-order valence-corrected chi connectivity index (χ3v) is 7.58. The molecule has 0 radical (unpaired) electrons. The van der Waals surface area contributed by atoms with Crippen molar-refractivity contribution in [2.45, 2.75) is 86.0 Å². The van der Waals surface area contributed by atoms with Gasteiger partial charge in [-0.1, -0.05) is 27.4 Å². The van der Waals surface area contributed by atoms with Crippen molar-refractivity contribution in [2.24, 2.45) is 22.7 Å². The summed E-state index contributed by atoms with van der Waals surface area (Å²) < 4.78 is 16.1. The molecule has 34 heavy (non-hydrogen) atoms. The second-order valence-electron chi connectivity index (χ2n) is 10.4. The minimum Gasteiger partial charge on any atom is -0.462 e. The summed E-state index contributed by atoms with van der Waals surface area (Å²) in [5.74, 6) is -2.67. The Hall–Kier alpha value is -2.48. The number of ketones is 1. The Morgan fingerprint density at radius 2 is 1.74 bits per heavy atom. The van der Waals surface area contributed by atoms with Gasteiger partial charge in [-0.05, 0) is 54.7 Å². The molecule has 0 saturated heterocycles. The van der Waals surface area contributed by atoms with Crippen LogP contribution in [-0.4, -0.2) is 53.7 Å². The van der Waals surface area contributed by atoms with Gasteiger partial charge in [-0.25, -0.2) is 0 Å². The molecular weight excluding hydrogens is 440 g/mol. The number of rotatable bonds is 7. The third kappa shape index (κ3) is 5.59. The minimum atomic E-state index is -1.13. The summed E-state index contributed by atoms with van der Waals surface area (Å²) in [7, 11) is 0. The molecule has 0 spiro atoms. The molecule has 0 aromatic carbocycles. The average Bonchev–Trinajstić information content (AvgIpc) is 2.69. The van der Waals surface area contributed by atoms with Crippen LogP contribution in [0.3, 0.4) is 0 Å². The highest BCUT2D eigenvalue weighted by atomic mass is 16.6. The van der Waals surface area contributed by atoms with Gasteiger partial charge < -0.3 is 19.3 Å². The van der Waals surface area contributed by atoms with Crippen LogP contribution < -0.4 is 0 Å². The highest BCUT2D eigenvalue weighted by molar-refractivity contribution is 5.93. The molecule has 0 amide bonds. The van der Waals surface area contributed by atoms with Gasteiger partial charge in [0.05, 0.1) is 6.10 Å². The lowest BCUT2D eigenvalue weighted by molar-refractivity contribution is -0.178. The van der Waals surface area contributed by atoms with Crippen molar-refractivity contribution < 1.29 is 38.5 Å². The maximum atomic E-state index is 13.6. The zero-order valence-corrected chi connectivity index (χ0v) is 21.3. The maximum Gasteiger partial charge on any atom is 0.303 e. The van der Waals surface area contributed by atoms with Crippen LogP contribution in [0.2, 0.25) is 0 Å². The fourth-order valence-corrected chi connectivity index (χ4v) is 5.90. The number of aliphatic hydroxyl groups excluding tert-OH is 1. The molecule has 0 aromatic rings. The molecule has 190 valence electrons. The number of esters is 3. The highest BCUT2D eigenvalue weighted by Gasteiger charge is 2.63. The molecule has 6 atom stereocenters. The lowest BCUT2D eigenvalue weighted by Gasteiger charge is -2.59. The molecule has 0 aromatic heterocycles. The van der Waals surface area contributed by atoms with Gasteiger partial charge in [0.2, 0.25) is 0 Å². The number of hydrogen-bond donors (Lipinski definition) is 1. The Labute approximate surface area is 201 Å². The van der Waals surface area contributed by atoms with Crippen LogP contribution in [-0.2, 0) is 33.4 Å². The molecule has 0 unspecified atom stereocenters. The Morgan fingerprint density at radius 1 is 1.12 bits per heavy atom. The first-order valence-corrected chi connectivity index (χ1v) is 11.7. The predicted octanol–water partition coefficient (Wildman–Crippen LogP) is 3.31. The largest absolute Gasteiger partial charge is 0.462 e. The van der Waals surface area contributed by atoms with Crippen LogP contribution in [0.5, 0.6) is 0 Å². The number of hydrogen-bond acceptors (Lipinski definition) is 8. The zero-order valence-electron chi connectivity index (χ0n) is 21.3. The Morgan fingerprint density at radius 3 is 2.26 bits per heavy atom. The lowest BCUT2D eigenvalue weighted by atomic mass is 9.45. The van der Waals surface area contributed by atoms with E-state index in [4.69, 9.17) is 14.2 Å². The summed E-state index contributed by atoms with van der Waals surface area (Å²) in [6.45, 7) is 15.6. The molecular formula is C26H38O8. The van der Waals surface area contributed by atoms with E-state index >= 15 is 0 Å². The van der Waals surface area contributed by atoms with Gasteiger partial charge >= 0.3 is 17.9 Å². The number of aliphatic hydroxyl groups is 1. The van der Waals surface area contributed by atoms with Gasteiger partial charge in [0.15, 0.2) is 11.9 Å². The first kappa shape index (κ1) is 27.8. The van der Waals surface area contributed by atoms with Crippen LogP contribution in [0.1, 0.15) is 67.7 Å². The van der Waals surface area contributed by atoms with E-state index in [-0.39, 0.29) is 18.3 Å². The summed E-state index contributed by atoms with van der Waals surface area (Å²) in [5, 5.41) is 10.8. The first-order valence-electron chi connectivity index (χ1n) is 11.7.